The van der Waals surface area contributed by atoms with Crippen LogP contribution in [0.3, 0.4) is 0 Å². The summed E-state index contributed by atoms with van der Waals surface area (Å²) in [5.74, 6) is -3.40. The van der Waals surface area contributed by atoms with Crippen molar-refractivity contribution in [1.29, 1.82) is 0 Å². The Bertz CT molecular complexity index is 325. The average molecular weight is 245 g/mol. The van der Waals surface area contributed by atoms with Crippen LogP contribution in [-0.4, -0.2) is 39.9 Å². The van der Waals surface area contributed by atoms with Crippen LogP contribution in [0.25, 0.3) is 0 Å². The van der Waals surface area contributed by atoms with Gasteiger partial charge in [0.2, 0.25) is 5.91 Å². The van der Waals surface area contributed by atoms with Crippen molar-refractivity contribution in [2.45, 2.75) is 38.6 Å². The first-order valence-electron chi connectivity index (χ1n) is 5.12. The third-order valence-corrected chi connectivity index (χ3v) is 2.01. The molecule has 0 aromatic carbocycles. The summed E-state index contributed by atoms with van der Waals surface area (Å²) in [6.45, 7) is 1.56. The van der Waals surface area contributed by atoms with E-state index in [4.69, 9.17) is 10.2 Å². The van der Waals surface area contributed by atoms with Crippen LogP contribution >= 0.6 is 0 Å². The first-order valence-corrected chi connectivity index (χ1v) is 5.12. The van der Waals surface area contributed by atoms with Crippen LogP contribution in [0.5, 0.6) is 0 Å². The van der Waals surface area contributed by atoms with Gasteiger partial charge in [0.05, 0.1) is 18.9 Å². The van der Waals surface area contributed by atoms with E-state index < -0.39 is 36.1 Å². The van der Waals surface area contributed by atoms with Crippen molar-refractivity contribution < 1.29 is 29.4 Å². The Balaban J connectivity index is 4.44. The van der Waals surface area contributed by atoms with Crippen LogP contribution in [0.4, 0.5) is 0 Å². The second kappa shape index (κ2) is 7.37. The smallest absolute Gasteiger partial charge is 0.305 e. The van der Waals surface area contributed by atoms with Crippen LogP contribution in [0.1, 0.15) is 32.6 Å². The molecule has 0 heterocycles. The monoisotopic (exact) mass is 245 g/mol. The minimum atomic E-state index is -1.23. The van der Waals surface area contributed by atoms with Crippen molar-refractivity contribution in [2.75, 3.05) is 0 Å². The molecule has 0 bridgehead atoms. The van der Waals surface area contributed by atoms with Crippen LogP contribution in [0, 0.1) is 0 Å². The van der Waals surface area contributed by atoms with Crippen LogP contribution < -0.4 is 5.32 Å². The van der Waals surface area contributed by atoms with Gasteiger partial charge in [-0.15, -0.1) is 0 Å². The van der Waals surface area contributed by atoms with E-state index in [0.717, 1.165) is 0 Å². The zero-order chi connectivity index (χ0) is 13.4. The molecular formula is C10H15NO6. The van der Waals surface area contributed by atoms with Crippen LogP contribution in [0.15, 0.2) is 0 Å². The molecule has 7 heteroatoms. The molecule has 0 saturated carbocycles. The van der Waals surface area contributed by atoms with Crippen molar-refractivity contribution in [1.82, 2.24) is 5.32 Å². The van der Waals surface area contributed by atoms with Gasteiger partial charge in [-0.25, -0.2) is 0 Å². The fraction of sp³-hybridized carbons (Fsp3) is 0.600. The summed E-state index contributed by atoms with van der Waals surface area (Å²) in [6.07, 6.45) is -1.08. The molecule has 0 aliphatic heterocycles. The van der Waals surface area contributed by atoms with E-state index in [2.05, 4.69) is 5.32 Å². The number of carboxylic acids is 2. The molecule has 0 saturated heterocycles. The van der Waals surface area contributed by atoms with Gasteiger partial charge in [0, 0.05) is 12.8 Å². The highest BCUT2D eigenvalue weighted by atomic mass is 16.4. The first kappa shape index (κ1) is 15.1. The van der Waals surface area contributed by atoms with Gasteiger partial charge in [0.15, 0.2) is 5.78 Å². The number of Topliss-reactive ketones (excluding diaryl/α,β-unsaturated/α-hetero) is 1. The normalized spacial score (nSPS) is 11.6. The van der Waals surface area contributed by atoms with E-state index >= 15 is 0 Å². The number of carbonyl (C=O) groups is 4. The van der Waals surface area contributed by atoms with Crippen molar-refractivity contribution in [3.05, 3.63) is 0 Å². The molecule has 0 spiro atoms. The maximum absolute atomic E-state index is 11.5. The third kappa shape index (κ3) is 7.04. The fourth-order valence-electron chi connectivity index (χ4n) is 1.12. The van der Waals surface area contributed by atoms with E-state index in [0.29, 0.717) is 0 Å². The van der Waals surface area contributed by atoms with E-state index in [1.54, 1.807) is 6.92 Å². The minimum absolute atomic E-state index is 0.127. The number of hydrogen-bond acceptors (Lipinski definition) is 4. The fourth-order valence-corrected chi connectivity index (χ4v) is 1.12. The summed E-state index contributed by atoms with van der Waals surface area (Å²) in [6, 6.07) is -1.15. The molecule has 0 aromatic heterocycles. The van der Waals surface area contributed by atoms with E-state index in [9.17, 15) is 19.2 Å². The number of carbonyl (C=O) groups excluding carboxylic acids is 2. The number of hydrogen-bond donors (Lipinski definition) is 3. The molecule has 0 aromatic rings. The molecule has 17 heavy (non-hydrogen) atoms. The molecule has 7 nitrogen and oxygen atoms in total. The van der Waals surface area contributed by atoms with Crippen LogP contribution in [-0.2, 0) is 19.2 Å². The Kier molecular flexibility index (Phi) is 6.54. The topological polar surface area (TPSA) is 121 Å². The van der Waals surface area contributed by atoms with Gasteiger partial charge in [-0.1, -0.05) is 6.92 Å². The Hall–Kier alpha value is -1.92. The Morgan fingerprint density at radius 2 is 1.65 bits per heavy atom. The van der Waals surface area contributed by atoms with Gasteiger partial charge >= 0.3 is 11.9 Å². The van der Waals surface area contributed by atoms with Gasteiger partial charge in [-0.05, 0) is 0 Å². The highest BCUT2D eigenvalue weighted by Gasteiger charge is 2.23. The summed E-state index contributed by atoms with van der Waals surface area (Å²) < 4.78 is 0. The molecule has 0 rings (SSSR count). The number of aliphatic carboxylic acids is 2. The maximum atomic E-state index is 11.5. The Labute approximate surface area is 97.8 Å². The molecule has 1 atom stereocenters. The van der Waals surface area contributed by atoms with Crippen molar-refractivity contribution >= 4 is 23.6 Å². The second-order valence-corrected chi connectivity index (χ2v) is 3.43. The minimum Gasteiger partial charge on any atom is -0.481 e. The van der Waals surface area contributed by atoms with Crippen LogP contribution in [0.2, 0.25) is 0 Å². The SMILES string of the molecule is CCC(=O)N[C@@H](CC(=O)O)C(=O)CCC(=O)O. The first-order chi connectivity index (χ1) is 7.86. The van der Waals surface area contributed by atoms with Crippen molar-refractivity contribution in [3.63, 3.8) is 0 Å². The van der Waals surface area contributed by atoms with E-state index in [1.807, 2.05) is 0 Å². The largest absolute Gasteiger partial charge is 0.481 e. The number of amides is 1. The van der Waals surface area contributed by atoms with Gasteiger partial charge < -0.3 is 15.5 Å². The van der Waals surface area contributed by atoms with Gasteiger partial charge in [0.25, 0.3) is 0 Å². The molecule has 1 amide bonds. The zero-order valence-electron chi connectivity index (χ0n) is 9.43. The van der Waals surface area contributed by atoms with Gasteiger partial charge in [0.1, 0.15) is 0 Å². The highest BCUT2D eigenvalue weighted by Crippen LogP contribution is 2.02. The third-order valence-electron chi connectivity index (χ3n) is 2.01. The lowest BCUT2D eigenvalue weighted by Crippen LogP contribution is -2.42. The van der Waals surface area contributed by atoms with Gasteiger partial charge in [-0.3, -0.25) is 19.2 Å². The number of rotatable bonds is 8. The van der Waals surface area contributed by atoms with Crippen molar-refractivity contribution in [2.24, 2.45) is 0 Å². The predicted octanol–water partition coefficient (Wildman–Crippen LogP) is -0.210. The van der Waals surface area contributed by atoms with Crippen molar-refractivity contribution in [3.8, 4) is 0 Å². The molecule has 0 fully saturated rings. The molecule has 0 unspecified atom stereocenters. The summed E-state index contributed by atoms with van der Waals surface area (Å²) in [5.41, 5.74) is 0. The lowest BCUT2D eigenvalue weighted by molar-refractivity contribution is -0.140. The number of ketones is 1. The summed E-state index contributed by atoms with van der Waals surface area (Å²) >= 11 is 0. The Morgan fingerprint density at radius 3 is 2.06 bits per heavy atom. The Morgan fingerprint density at radius 1 is 1.06 bits per heavy atom. The molecule has 0 aliphatic carbocycles. The molecule has 0 radical (unpaired) electrons. The number of nitrogens with one attached hydrogen (secondary N) is 1. The quantitative estimate of drug-likeness (QED) is 0.544. The lowest BCUT2D eigenvalue weighted by atomic mass is 10.0. The van der Waals surface area contributed by atoms with E-state index in [1.165, 1.54) is 0 Å². The average Bonchev–Trinajstić information content (AvgIpc) is 2.23. The zero-order valence-corrected chi connectivity index (χ0v) is 9.43. The molecule has 96 valence electrons. The number of carboxylic acid groups (broad SMARTS) is 2. The molecular weight excluding hydrogens is 230 g/mol. The molecule has 3 N–H and O–H groups in total. The maximum Gasteiger partial charge on any atom is 0.305 e. The summed E-state index contributed by atoms with van der Waals surface area (Å²) in [5, 5.41) is 19.2. The second-order valence-electron chi connectivity index (χ2n) is 3.43. The van der Waals surface area contributed by atoms with E-state index in [-0.39, 0.29) is 19.3 Å². The lowest BCUT2D eigenvalue weighted by Gasteiger charge is -2.14. The molecule has 0 aliphatic rings. The van der Waals surface area contributed by atoms with Gasteiger partial charge in [-0.2, -0.15) is 0 Å². The summed E-state index contributed by atoms with van der Waals surface area (Å²) in [4.78, 5) is 43.3. The standard InChI is InChI=1S/C10H15NO6/c1-2-8(13)11-6(5-10(16)17)7(12)3-4-9(14)15/h6H,2-5H2,1H3,(H,11,13)(H,14,15)(H,16,17)/t6-/m0/s1. The predicted molar refractivity (Wildman–Crippen MR) is 56.4 cm³/mol. The summed E-state index contributed by atoms with van der Waals surface area (Å²) in [7, 11) is 0. The highest BCUT2D eigenvalue weighted by molar-refractivity contribution is 5.93.